The fraction of sp³-hybridized carbons (Fsp3) is 0.200. The Kier molecular flexibility index (Phi) is 5.93. The van der Waals surface area contributed by atoms with E-state index in [9.17, 15) is 14.5 Å². The molecule has 0 spiro atoms. The molecule has 7 heteroatoms. The van der Waals surface area contributed by atoms with Crippen molar-refractivity contribution in [2.24, 2.45) is 0 Å². The van der Waals surface area contributed by atoms with Crippen LogP contribution in [0.15, 0.2) is 51.8 Å². The molecule has 116 valence electrons. The van der Waals surface area contributed by atoms with E-state index in [4.69, 9.17) is 0 Å². The third-order valence-electron chi connectivity index (χ3n) is 2.95. The Balaban J connectivity index is 1.99. The van der Waals surface area contributed by atoms with Gasteiger partial charge in [-0.05, 0) is 55.2 Å². The van der Waals surface area contributed by atoms with Gasteiger partial charge in [0.2, 0.25) is 0 Å². The molecule has 22 heavy (non-hydrogen) atoms. The highest BCUT2D eigenvalue weighted by Gasteiger charge is 2.15. The molecule has 0 heterocycles. The predicted octanol–water partition coefficient (Wildman–Crippen LogP) is 4.68. The van der Waals surface area contributed by atoms with Crippen LogP contribution < -0.4 is 0 Å². The molecule has 2 aromatic rings. The fourth-order valence-corrected chi connectivity index (χ4v) is 3.35. The monoisotopic (exact) mass is 384 g/mol. The first-order chi connectivity index (χ1) is 10.5. The van der Waals surface area contributed by atoms with Gasteiger partial charge in [-0.2, -0.15) is 0 Å². The second kappa shape index (κ2) is 7.71. The minimum absolute atomic E-state index is 0.0906. The zero-order valence-electron chi connectivity index (χ0n) is 11.8. The fourth-order valence-electron chi connectivity index (χ4n) is 1.94. The minimum atomic E-state index is -0.389. The molecular weight excluding hydrogens is 371 g/mol. The van der Waals surface area contributed by atoms with E-state index >= 15 is 0 Å². The van der Waals surface area contributed by atoms with Gasteiger partial charge in [0.25, 0.3) is 5.69 Å². The first kappa shape index (κ1) is 16.9. The standard InChI is InChI=1S/C15H14BrFN2O2S/c1-18(7-6-11-8-12(16)10-13(17)9-11)22-15-5-3-2-4-14(15)19(20)21/h2-5,8-10H,6-7H2,1H3. The minimum Gasteiger partial charge on any atom is -0.258 e. The van der Waals surface area contributed by atoms with Crippen molar-refractivity contribution in [3.8, 4) is 0 Å². The molecule has 0 aliphatic rings. The zero-order valence-corrected chi connectivity index (χ0v) is 14.2. The maximum absolute atomic E-state index is 13.3. The van der Waals surface area contributed by atoms with Gasteiger partial charge in [0.15, 0.2) is 0 Å². The lowest BCUT2D eigenvalue weighted by molar-refractivity contribution is -0.387. The Labute approximate surface area is 140 Å². The summed E-state index contributed by atoms with van der Waals surface area (Å²) in [4.78, 5) is 11.2. The molecular formula is C15H14BrFN2O2S. The Hall–Kier alpha value is -1.44. The summed E-state index contributed by atoms with van der Waals surface area (Å²) in [6, 6.07) is 11.4. The van der Waals surface area contributed by atoms with Crippen molar-refractivity contribution in [3.63, 3.8) is 0 Å². The van der Waals surface area contributed by atoms with Crippen LogP contribution in [0.1, 0.15) is 5.56 Å². The number of nitrogens with zero attached hydrogens (tertiary/aromatic N) is 2. The molecule has 0 N–H and O–H groups in total. The number of rotatable bonds is 6. The normalized spacial score (nSPS) is 10.9. The van der Waals surface area contributed by atoms with Crippen molar-refractivity contribution in [1.82, 2.24) is 4.31 Å². The van der Waals surface area contributed by atoms with E-state index in [1.807, 2.05) is 17.4 Å². The number of hydrogen-bond acceptors (Lipinski definition) is 4. The van der Waals surface area contributed by atoms with Gasteiger partial charge < -0.3 is 0 Å². The number of likely N-dealkylation sites (N-methyl/N-ethyl adjacent to an activating group) is 1. The van der Waals surface area contributed by atoms with Crippen LogP contribution in [0.2, 0.25) is 0 Å². The lowest BCUT2D eigenvalue weighted by atomic mass is 10.1. The van der Waals surface area contributed by atoms with Crippen LogP contribution >= 0.6 is 27.9 Å². The van der Waals surface area contributed by atoms with E-state index in [1.54, 1.807) is 18.2 Å². The number of hydrogen-bond donors (Lipinski definition) is 0. The molecule has 0 saturated carbocycles. The van der Waals surface area contributed by atoms with Crippen molar-refractivity contribution < 1.29 is 9.31 Å². The van der Waals surface area contributed by atoms with Gasteiger partial charge in [0, 0.05) is 17.1 Å². The maximum atomic E-state index is 13.3. The summed E-state index contributed by atoms with van der Waals surface area (Å²) < 4.78 is 15.9. The van der Waals surface area contributed by atoms with Gasteiger partial charge in [0.05, 0.1) is 4.92 Å². The van der Waals surface area contributed by atoms with Gasteiger partial charge in [-0.25, -0.2) is 8.70 Å². The highest BCUT2D eigenvalue weighted by atomic mass is 79.9. The van der Waals surface area contributed by atoms with Crippen molar-refractivity contribution in [3.05, 3.63) is 68.4 Å². The molecule has 0 atom stereocenters. The summed E-state index contributed by atoms with van der Waals surface area (Å²) in [7, 11) is 1.86. The molecule has 2 rings (SSSR count). The molecule has 4 nitrogen and oxygen atoms in total. The van der Waals surface area contributed by atoms with Gasteiger partial charge in [-0.3, -0.25) is 10.1 Å². The lowest BCUT2D eigenvalue weighted by Gasteiger charge is -2.15. The Morgan fingerprint density at radius 2 is 2.05 bits per heavy atom. The molecule has 0 amide bonds. The Bertz CT molecular complexity index is 664. The Morgan fingerprint density at radius 3 is 2.73 bits per heavy atom. The summed E-state index contributed by atoms with van der Waals surface area (Å²) in [6.07, 6.45) is 0.653. The van der Waals surface area contributed by atoms with Gasteiger partial charge in [-0.15, -0.1) is 0 Å². The summed E-state index contributed by atoms with van der Waals surface area (Å²) >= 11 is 4.58. The quantitative estimate of drug-likeness (QED) is 0.412. The van der Waals surface area contributed by atoms with Crippen molar-refractivity contribution in [1.29, 1.82) is 0 Å². The first-order valence-electron chi connectivity index (χ1n) is 6.53. The third kappa shape index (κ3) is 4.79. The maximum Gasteiger partial charge on any atom is 0.284 e. The largest absolute Gasteiger partial charge is 0.284 e. The molecule has 0 aliphatic carbocycles. The Morgan fingerprint density at radius 1 is 1.32 bits per heavy atom. The zero-order chi connectivity index (χ0) is 16.1. The molecule has 0 fully saturated rings. The van der Waals surface area contributed by atoms with E-state index in [2.05, 4.69) is 15.9 Å². The number of nitro groups is 1. The summed E-state index contributed by atoms with van der Waals surface area (Å²) in [6.45, 7) is 0.645. The van der Waals surface area contributed by atoms with Crippen LogP contribution in [0.25, 0.3) is 0 Å². The van der Waals surface area contributed by atoms with Crippen LogP contribution in [0, 0.1) is 15.9 Å². The molecule has 0 bridgehead atoms. The highest BCUT2D eigenvalue weighted by Crippen LogP contribution is 2.30. The van der Waals surface area contributed by atoms with Crippen molar-refractivity contribution >= 4 is 33.6 Å². The number of para-hydroxylation sites is 1. The van der Waals surface area contributed by atoms with Gasteiger partial charge in [-0.1, -0.05) is 28.1 Å². The molecule has 0 aliphatic heterocycles. The first-order valence-corrected chi connectivity index (χ1v) is 8.10. The van der Waals surface area contributed by atoms with Crippen LogP contribution in [-0.4, -0.2) is 22.8 Å². The second-order valence-corrected chi connectivity index (χ2v) is 6.86. The average molecular weight is 385 g/mol. The average Bonchev–Trinajstić information content (AvgIpc) is 2.44. The van der Waals surface area contributed by atoms with E-state index < -0.39 is 0 Å². The third-order valence-corrected chi connectivity index (χ3v) is 4.45. The van der Waals surface area contributed by atoms with E-state index in [1.165, 1.54) is 30.1 Å². The number of halogens is 2. The number of nitro benzene ring substituents is 1. The predicted molar refractivity (Wildman–Crippen MR) is 89.4 cm³/mol. The van der Waals surface area contributed by atoms with Crippen LogP contribution in [0.4, 0.5) is 10.1 Å². The number of benzene rings is 2. The topological polar surface area (TPSA) is 46.4 Å². The summed E-state index contributed by atoms with van der Waals surface area (Å²) in [5.74, 6) is -0.279. The van der Waals surface area contributed by atoms with Crippen molar-refractivity contribution in [2.75, 3.05) is 13.6 Å². The molecule has 0 saturated heterocycles. The van der Waals surface area contributed by atoms with Crippen LogP contribution in [0.3, 0.4) is 0 Å². The van der Waals surface area contributed by atoms with E-state index in [0.717, 1.165) is 5.56 Å². The molecule has 0 unspecified atom stereocenters. The van der Waals surface area contributed by atoms with E-state index in [-0.39, 0.29) is 16.4 Å². The highest BCUT2D eigenvalue weighted by molar-refractivity contribution is 9.10. The second-order valence-electron chi connectivity index (χ2n) is 4.70. The van der Waals surface area contributed by atoms with Crippen LogP contribution in [-0.2, 0) is 6.42 Å². The van der Waals surface area contributed by atoms with Crippen molar-refractivity contribution in [2.45, 2.75) is 11.3 Å². The molecule has 0 radical (unpaired) electrons. The summed E-state index contributed by atoms with van der Waals surface area (Å²) in [5.41, 5.74) is 0.967. The van der Waals surface area contributed by atoms with Crippen LogP contribution in [0.5, 0.6) is 0 Å². The van der Waals surface area contributed by atoms with Gasteiger partial charge >= 0.3 is 0 Å². The smallest absolute Gasteiger partial charge is 0.258 e. The molecule has 2 aromatic carbocycles. The molecule has 0 aromatic heterocycles. The van der Waals surface area contributed by atoms with Gasteiger partial charge in [0.1, 0.15) is 10.7 Å². The van der Waals surface area contributed by atoms with E-state index in [0.29, 0.717) is 22.3 Å². The lowest BCUT2D eigenvalue weighted by Crippen LogP contribution is -2.13. The summed E-state index contributed by atoms with van der Waals surface area (Å²) in [5, 5.41) is 11.0. The SMILES string of the molecule is CN(CCc1cc(F)cc(Br)c1)Sc1ccccc1[N+](=O)[O-].